The number of carbonyl (C=O) groups is 2. The maximum Gasteiger partial charge on any atom is 0.194 e. The molecule has 2 nitrogen and oxygen atoms in total. The van der Waals surface area contributed by atoms with E-state index in [2.05, 4.69) is 0 Å². The van der Waals surface area contributed by atoms with Gasteiger partial charge in [-0.15, -0.1) is 0 Å². The third kappa shape index (κ3) is 1.66. The summed E-state index contributed by atoms with van der Waals surface area (Å²) in [6.45, 7) is 0. The van der Waals surface area contributed by atoms with Gasteiger partial charge in [0.05, 0.1) is 0 Å². The number of ketones is 2. The lowest BCUT2D eigenvalue weighted by atomic mass is 9.84. The Kier molecular flexibility index (Phi) is 3.05. The molecular formula is C15H11ClO2. The first kappa shape index (κ1) is 12.5. The molecule has 3 heteroatoms. The highest BCUT2D eigenvalue weighted by Crippen LogP contribution is 2.28. The van der Waals surface area contributed by atoms with Gasteiger partial charge >= 0.3 is 0 Å². The van der Waals surface area contributed by atoms with Crippen LogP contribution < -0.4 is 0 Å². The van der Waals surface area contributed by atoms with Gasteiger partial charge in [-0.1, -0.05) is 43.3 Å². The minimum Gasteiger partial charge on any atom is -0.289 e. The largest absolute Gasteiger partial charge is 0.289 e. The molecule has 90 valence electrons. The fourth-order valence-electron chi connectivity index (χ4n) is 2.07. The molecule has 3 rings (SSSR count). The molecule has 0 saturated heterocycles. The van der Waals surface area contributed by atoms with Crippen LogP contribution >= 0.6 is 11.6 Å². The average molecular weight is 259 g/mol. The van der Waals surface area contributed by atoms with Crippen molar-refractivity contribution in [2.24, 2.45) is 0 Å². The Morgan fingerprint density at radius 1 is 0.722 bits per heavy atom. The first-order valence-electron chi connectivity index (χ1n) is 5.16. The number of halogens is 1. The van der Waals surface area contributed by atoms with Gasteiger partial charge in [0.2, 0.25) is 0 Å². The van der Waals surface area contributed by atoms with Crippen LogP contribution in [0.3, 0.4) is 0 Å². The van der Waals surface area contributed by atoms with Crippen molar-refractivity contribution in [3.8, 4) is 0 Å². The van der Waals surface area contributed by atoms with Gasteiger partial charge in [-0.25, -0.2) is 0 Å². The Morgan fingerprint density at radius 3 is 1.83 bits per heavy atom. The van der Waals surface area contributed by atoms with E-state index in [0.29, 0.717) is 27.3 Å². The molecule has 0 fully saturated rings. The van der Waals surface area contributed by atoms with Crippen molar-refractivity contribution in [3.05, 3.63) is 69.7 Å². The molecule has 0 bridgehead atoms. The zero-order valence-corrected chi connectivity index (χ0v) is 9.49. The summed E-state index contributed by atoms with van der Waals surface area (Å²) in [7, 11) is 0. The lowest BCUT2D eigenvalue weighted by Crippen LogP contribution is -2.20. The normalized spacial score (nSPS) is 12.5. The molecule has 2 aromatic carbocycles. The summed E-state index contributed by atoms with van der Waals surface area (Å²) in [5.74, 6) is -0.260. The molecule has 0 saturated carbocycles. The van der Waals surface area contributed by atoms with Crippen LogP contribution in [0.1, 0.15) is 39.3 Å². The van der Waals surface area contributed by atoms with E-state index in [1.807, 2.05) is 0 Å². The van der Waals surface area contributed by atoms with Gasteiger partial charge in [0.1, 0.15) is 0 Å². The number of hydrogen-bond donors (Lipinski definition) is 0. The van der Waals surface area contributed by atoms with Crippen molar-refractivity contribution in [2.75, 3.05) is 0 Å². The zero-order chi connectivity index (χ0) is 12.0. The second-order valence-corrected chi connectivity index (χ2v) is 4.33. The number of benzene rings is 2. The Morgan fingerprint density at radius 2 is 1.22 bits per heavy atom. The van der Waals surface area contributed by atoms with E-state index in [9.17, 15) is 9.59 Å². The van der Waals surface area contributed by atoms with E-state index in [4.69, 9.17) is 11.6 Å². The van der Waals surface area contributed by atoms with Crippen LogP contribution in [0.25, 0.3) is 0 Å². The second-order valence-electron chi connectivity index (χ2n) is 3.89. The standard InChI is InChI=1S/C14H7ClO2.CH4/c15-8-5-6-11-12(7-8)14(17)10-4-2-1-3-9(10)13(11)16;/h1-7H;1H4. The lowest BCUT2D eigenvalue weighted by Gasteiger charge is -2.16. The van der Waals surface area contributed by atoms with Crippen LogP contribution in [0.5, 0.6) is 0 Å². The molecule has 0 N–H and O–H groups in total. The first-order valence-corrected chi connectivity index (χ1v) is 5.54. The highest BCUT2D eigenvalue weighted by Gasteiger charge is 2.28. The number of carbonyl (C=O) groups excluding carboxylic acids is 2. The van der Waals surface area contributed by atoms with Gasteiger partial charge in [-0.3, -0.25) is 9.59 Å². The van der Waals surface area contributed by atoms with Gasteiger partial charge in [-0.05, 0) is 18.2 Å². The molecule has 1 aliphatic rings. The summed E-state index contributed by atoms with van der Waals surface area (Å²) in [6, 6.07) is 11.6. The molecule has 0 aliphatic heterocycles. The topological polar surface area (TPSA) is 34.1 Å². The molecule has 0 aromatic heterocycles. The zero-order valence-electron chi connectivity index (χ0n) is 8.74. The summed E-state index contributed by atoms with van der Waals surface area (Å²) in [4.78, 5) is 24.4. The van der Waals surface area contributed by atoms with E-state index in [1.165, 1.54) is 0 Å². The molecule has 0 spiro atoms. The molecule has 0 unspecified atom stereocenters. The Labute approximate surface area is 110 Å². The first-order chi connectivity index (χ1) is 8.18. The molecule has 2 aromatic rings. The SMILES string of the molecule is C.O=C1c2ccccc2C(=O)c2cc(Cl)ccc21. The monoisotopic (exact) mass is 258 g/mol. The van der Waals surface area contributed by atoms with Gasteiger partial charge in [0.25, 0.3) is 0 Å². The molecule has 0 radical (unpaired) electrons. The van der Waals surface area contributed by atoms with E-state index < -0.39 is 0 Å². The maximum absolute atomic E-state index is 12.2. The fraction of sp³-hybridized carbons (Fsp3) is 0.0667. The summed E-state index contributed by atoms with van der Waals surface area (Å²) >= 11 is 5.85. The van der Waals surface area contributed by atoms with Crippen LogP contribution in [-0.2, 0) is 0 Å². The maximum atomic E-state index is 12.2. The van der Waals surface area contributed by atoms with Crippen LogP contribution in [-0.4, -0.2) is 11.6 Å². The minimum absolute atomic E-state index is 0. The highest BCUT2D eigenvalue weighted by molar-refractivity contribution is 6.33. The van der Waals surface area contributed by atoms with Crippen molar-refractivity contribution in [1.29, 1.82) is 0 Å². The van der Waals surface area contributed by atoms with Gasteiger partial charge in [0.15, 0.2) is 11.6 Å². The molecular weight excluding hydrogens is 248 g/mol. The van der Waals surface area contributed by atoms with E-state index in [1.54, 1.807) is 42.5 Å². The average Bonchev–Trinajstić information content (AvgIpc) is 2.36. The summed E-state index contributed by atoms with van der Waals surface area (Å²) in [5.41, 5.74) is 1.74. The molecule has 0 amide bonds. The van der Waals surface area contributed by atoms with Crippen molar-refractivity contribution < 1.29 is 9.59 Å². The van der Waals surface area contributed by atoms with E-state index in [0.717, 1.165) is 0 Å². The number of rotatable bonds is 0. The van der Waals surface area contributed by atoms with E-state index in [-0.39, 0.29) is 19.0 Å². The van der Waals surface area contributed by atoms with Crippen molar-refractivity contribution in [2.45, 2.75) is 7.43 Å². The van der Waals surface area contributed by atoms with Gasteiger partial charge < -0.3 is 0 Å². The Bertz CT molecular complexity index is 659. The Balaban J connectivity index is 0.00000120. The number of fused-ring (bicyclic) bond motifs is 2. The van der Waals surface area contributed by atoms with Crippen LogP contribution in [0, 0.1) is 0 Å². The molecule has 18 heavy (non-hydrogen) atoms. The second kappa shape index (κ2) is 4.39. The molecule has 0 heterocycles. The van der Waals surface area contributed by atoms with Crippen molar-refractivity contribution in [1.82, 2.24) is 0 Å². The van der Waals surface area contributed by atoms with E-state index >= 15 is 0 Å². The third-order valence-electron chi connectivity index (χ3n) is 2.89. The van der Waals surface area contributed by atoms with Crippen LogP contribution in [0.2, 0.25) is 5.02 Å². The van der Waals surface area contributed by atoms with Crippen LogP contribution in [0.15, 0.2) is 42.5 Å². The third-order valence-corrected chi connectivity index (χ3v) is 3.12. The quantitative estimate of drug-likeness (QED) is 0.615. The van der Waals surface area contributed by atoms with Gasteiger partial charge in [0, 0.05) is 27.3 Å². The van der Waals surface area contributed by atoms with Gasteiger partial charge in [-0.2, -0.15) is 0 Å². The molecule has 0 atom stereocenters. The summed E-state index contributed by atoms with van der Waals surface area (Å²) in [6.07, 6.45) is 0. The summed E-state index contributed by atoms with van der Waals surface area (Å²) < 4.78 is 0. The number of hydrogen-bond acceptors (Lipinski definition) is 2. The fourth-order valence-corrected chi connectivity index (χ4v) is 2.24. The minimum atomic E-state index is -0.141. The predicted octanol–water partition coefficient (Wildman–Crippen LogP) is 3.75. The van der Waals surface area contributed by atoms with Crippen molar-refractivity contribution >= 4 is 23.2 Å². The van der Waals surface area contributed by atoms with Crippen LogP contribution in [0.4, 0.5) is 0 Å². The lowest BCUT2D eigenvalue weighted by molar-refractivity contribution is 0.0979. The predicted molar refractivity (Wildman–Crippen MR) is 71.5 cm³/mol. The Hall–Kier alpha value is -1.93. The summed E-state index contributed by atoms with van der Waals surface area (Å²) in [5, 5.41) is 0.462. The van der Waals surface area contributed by atoms with Crippen molar-refractivity contribution in [3.63, 3.8) is 0 Å². The smallest absolute Gasteiger partial charge is 0.194 e. The highest BCUT2D eigenvalue weighted by atomic mass is 35.5. The molecule has 1 aliphatic carbocycles.